The van der Waals surface area contributed by atoms with E-state index in [2.05, 4.69) is 10.1 Å². The molecule has 0 spiro atoms. The van der Waals surface area contributed by atoms with Crippen LogP contribution in [0, 0.1) is 10.1 Å². The number of esters is 1. The lowest BCUT2D eigenvalue weighted by Gasteiger charge is -2.10. The molecule has 9 heteroatoms. The first kappa shape index (κ1) is 18.2. The predicted octanol–water partition coefficient (Wildman–Crippen LogP) is 3.78. The summed E-state index contributed by atoms with van der Waals surface area (Å²) < 4.78 is 9.50. The summed E-state index contributed by atoms with van der Waals surface area (Å²) in [6.45, 7) is -0.0155. The van der Waals surface area contributed by atoms with E-state index in [4.69, 9.17) is 16.3 Å². The summed E-state index contributed by atoms with van der Waals surface area (Å²) in [5, 5.41) is 13.2. The van der Waals surface area contributed by atoms with Crippen LogP contribution in [0.4, 0.5) is 16.2 Å². The Labute approximate surface area is 147 Å². The fourth-order valence-corrected chi connectivity index (χ4v) is 2.22. The van der Waals surface area contributed by atoms with Crippen molar-refractivity contribution in [3.63, 3.8) is 0 Å². The van der Waals surface area contributed by atoms with Crippen LogP contribution in [0.25, 0.3) is 0 Å². The first-order chi connectivity index (χ1) is 11.9. The highest BCUT2D eigenvalue weighted by Crippen LogP contribution is 2.34. The van der Waals surface area contributed by atoms with E-state index in [1.54, 1.807) is 24.3 Å². The van der Waals surface area contributed by atoms with Crippen molar-refractivity contribution in [3.8, 4) is 0 Å². The number of nitro groups is 1. The lowest BCUT2D eigenvalue weighted by molar-refractivity contribution is -0.383. The summed E-state index contributed by atoms with van der Waals surface area (Å²) in [4.78, 5) is 33.8. The Morgan fingerprint density at radius 3 is 2.52 bits per heavy atom. The Hall–Kier alpha value is -3.13. The molecule has 0 fully saturated rings. The molecule has 2 aromatic carbocycles. The highest BCUT2D eigenvalue weighted by molar-refractivity contribution is 6.34. The van der Waals surface area contributed by atoms with E-state index in [9.17, 15) is 19.7 Å². The Balaban J connectivity index is 2.18. The van der Waals surface area contributed by atoms with Crippen LogP contribution in [-0.2, 0) is 16.1 Å². The zero-order valence-electron chi connectivity index (χ0n) is 13.0. The summed E-state index contributed by atoms with van der Waals surface area (Å²) in [7, 11) is 1.13. The van der Waals surface area contributed by atoms with Gasteiger partial charge in [0.05, 0.1) is 22.6 Å². The van der Waals surface area contributed by atoms with E-state index in [0.717, 1.165) is 24.8 Å². The molecule has 25 heavy (non-hydrogen) atoms. The van der Waals surface area contributed by atoms with Gasteiger partial charge in [-0.25, -0.2) is 9.59 Å². The van der Waals surface area contributed by atoms with Crippen molar-refractivity contribution in [2.45, 2.75) is 6.61 Å². The SMILES string of the molecule is COC(=O)c1cc(Cl)c(NC(=O)OCc2ccccc2)c([N+](=O)[O-])c1. The number of hydrogen-bond acceptors (Lipinski definition) is 6. The van der Waals surface area contributed by atoms with E-state index in [1.165, 1.54) is 0 Å². The molecule has 130 valence electrons. The third-order valence-corrected chi connectivity index (χ3v) is 3.43. The van der Waals surface area contributed by atoms with E-state index in [-0.39, 0.29) is 22.9 Å². The van der Waals surface area contributed by atoms with Crippen molar-refractivity contribution < 1.29 is 24.0 Å². The van der Waals surface area contributed by atoms with Crippen LogP contribution in [-0.4, -0.2) is 24.1 Å². The van der Waals surface area contributed by atoms with E-state index < -0.39 is 22.7 Å². The number of anilines is 1. The molecule has 0 aliphatic carbocycles. The number of halogens is 1. The Morgan fingerprint density at radius 1 is 1.24 bits per heavy atom. The van der Waals surface area contributed by atoms with E-state index in [0.29, 0.717) is 0 Å². The number of nitrogens with one attached hydrogen (secondary N) is 1. The minimum atomic E-state index is -0.917. The normalized spacial score (nSPS) is 10.0. The second kappa shape index (κ2) is 8.11. The van der Waals surface area contributed by atoms with Crippen LogP contribution in [0.3, 0.4) is 0 Å². The molecule has 0 atom stereocenters. The number of rotatable bonds is 5. The quantitative estimate of drug-likeness (QED) is 0.491. The van der Waals surface area contributed by atoms with Crippen molar-refractivity contribution >= 4 is 35.0 Å². The Bertz CT molecular complexity index is 810. The minimum Gasteiger partial charge on any atom is -0.465 e. The zero-order chi connectivity index (χ0) is 18.4. The molecule has 0 heterocycles. The van der Waals surface area contributed by atoms with Crippen molar-refractivity contribution in [3.05, 3.63) is 68.7 Å². The Morgan fingerprint density at radius 2 is 1.92 bits per heavy atom. The van der Waals surface area contributed by atoms with Crippen molar-refractivity contribution in [2.75, 3.05) is 12.4 Å². The molecule has 0 aliphatic rings. The first-order valence-electron chi connectivity index (χ1n) is 6.96. The number of amides is 1. The second-order valence-corrected chi connectivity index (χ2v) is 5.19. The van der Waals surface area contributed by atoms with Gasteiger partial charge in [0.1, 0.15) is 12.3 Å². The molecule has 1 amide bonds. The summed E-state index contributed by atoms with van der Waals surface area (Å²) in [6.07, 6.45) is -0.917. The second-order valence-electron chi connectivity index (χ2n) is 4.79. The standard InChI is InChI=1S/C16H13ClN2O6/c1-24-15(20)11-7-12(17)14(13(8-11)19(22)23)18-16(21)25-9-10-5-3-2-4-6-10/h2-8H,9H2,1H3,(H,18,21). The number of nitro benzene ring substituents is 1. The third-order valence-electron chi connectivity index (χ3n) is 3.13. The number of ether oxygens (including phenoxy) is 2. The maximum absolute atomic E-state index is 11.9. The fraction of sp³-hybridized carbons (Fsp3) is 0.125. The molecule has 0 radical (unpaired) electrons. The van der Waals surface area contributed by atoms with Crippen LogP contribution in [0.15, 0.2) is 42.5 Å². The van der Waals surface area contributed by atoms with Gasteiger partial charge in [-0.05, 0) is 11.6 Å². The number of carbonyl (C=O) groups is 2. The van der Waals surface area contributed by atoms with Gasteiger partial charge in [-0.1, -0.05) is 41.9 Å². The average Bonchev–Trinajstić information content (AvgIpc) is 2.61. The largest absolute Gasteiger partial charge is 0.465 e. The van der Waals surface area contributed by atoms with Gasteiger partial charge in [0.25, 0.3) is 5.69 Å². The zero-order valence-corrected chi connectivity index (χ0v) is 13.8. The van der Waals surface area contributed by atoms with Crippen molar-refractivity contribution in [1.82, 2.24) is 0 Å². The molecule has 0 bridgehead atoms. The number of benzene rings is 2. The van der Waals surface area contributed by atoms with Gasteiger partial charge in [0, 0.05) is 6.07 Å². The van der Waals surface area contributed by atoms with Crippen LogP contribution < -0.4 is 5.32 Å². The van der Waals surface area contributed by atoms with E-state index in [1.807, 2.05) is 6.07 Å². The molecule has 8 nitrogen and oxygen atoms in total. The fourth-order valence-electron chi connectivity index (χ4n) is 1.96. The Kier molecular flexibility index (Phi) is 5.91. The molecule has 2 rings (SSSR count). The number of nitrogens with zero attached hydrogens (tertiary/aromatic N) is 1. The number of hydrogen-bond donors (Lipinski definition) is 1. The first-order valence-corrected chi connectivity index (χ1v) is 7.34. The van der Waals surface area contributed by atoms with Crippen molar-refractivity contribution in [2.24, 2.45) is 0 Å². The molecule has 2 aromatic rings. The van der Waals surface area contributed by atoms with Crippen molar-refractivity contribution in [1.29, 1.82) is 0 Å². The number of carbonyl (C=O) groups excluding carboxylic acids is 2. The van der Waals surface area contributed by atoms with Gasteiger partial charge >= 0.3 is 12.1 Å². The molecule has 0 aromatic heterocycles. The summed E-state index contributed by atoms with van der Waals surface area (Å²) in [6, 6.07) is 11.0. The minimum absolute atomic E-state index is 0.0155. The van der Waals surface area contributed by atoms with Crippen LogP contribution >= 0.6 is 11.6 Å². The van der Waals surface area contributed by atoms with Gasteiger partial charge in [-0.3, -0.25) is 15.4 Å². The maximum Gasteiger partial charge on any atom is 0.412 e. The lowest BCUT2D eigenvalue weighted by atomic mass is 10.1. The lowest BCUT2D eigenvalue weighted by Crippen LogP contribution is -2.15. The van der Waals surface area contributed by atoms with Crippen LogP contribution in [0.5, 0.6) is 0 Å². The van der Waals surface area contributed by atoms with Crippen LogP contribution in [0.2, 0.25) is 5.02 Å². The van der Waals surface area contributed by atoms with Gasteiger partial charge < -0.3 is 9.47 Å². The average molecular weight is 365 g/mol. The highest BCUT2D eigenvalue weighted by Gasteiger charge is 2.23. The van der Waals surface area contributed by atoms with Gasteiger partial charge in [-0.2, -0.15) is 0 Å². The third kappa shape index (κ3) is 4.67. The molecule has 0 unspecified atom stereocenters. The molecule has 0 saturated heterocycles. The molecule has 0 aliphatic heterocycles. The smallest absolute Gasteiger partial charge is 0.412 e. The van der Waals surface area contributed by atoms with Gasteiger partial charge in [0.2, 0.25) is 0 Å². The summed E-state index contributed by atoms with van der Waals surface area (Å²) in [5.41, 5.74) is -0.177. The highest BCUT2D eigenvalue weighted by atomic mass is 35.5. The van der Waals surface area contributed by atoms with Crippen LogP contribution in [0.1, 0.15) is 15.9 Å². The van der Waals surface area contributed by atoms with Gasteiger partial charge in [-0.15, -0.1) is 0 Å². The number of methoxy groups -OCH3 is 1. The monoisotopic (exact) mass is 364 g/mol. The van der Waals surface area contributed by atoms with Gasteiger partial charge in [0.15, 0.2) is 0 Å². The van der Waals surface area contributed by atoms with E-state index >= 15 is 0 Å². The molecular formula is C16H13ClN2O6. The molecule has 1 N–H and O–H groups in total. The molecular weight excluding hydrogens is 352 g/mol. The summed E-state index contributed by atoms with van der Waals surface area (Å²) >= 11 is 5.96. The molecule has 0 saturated carbocycles. The topological polar surface area (TPSA) is 108 Å². The maximum atomic E-state index is 11.9. The predicted molar refractivity (Wildman–Crippen MR) is 89.7 cm³/mol. The summed E-state index contributed by atoms with van der Waals surface area (Å²) in [5.74, 6) is -0.789.